The van der Waals surface area contributed by atoms with Crippen LogP contribution >= 0.6 is 0 Å². The second-order valence-corrected chi connectivity index (χ2v) is 2.91. The fourth-order valence-electron chi connectivity index (χ4n) is 1.14. The van der Waals surface area contributed by atoms with Crippen LogP contribution in [0.2, 0.25) is 0 Å². The highest BCUT2D eigenvalue weighted by Crippen LogP contribution is 2.34. The summed E-state index contributed by atoms with van der Waals surface area (Å²) < 4.78 is 0. The van der Waals surface area contributed by atoms with Crippen molar-refractivity contribution in [2.45, 2.75) is 0 Å². The molecule has 1 aromatic rings. The number of benzene rings is 1. The minimum atomic E-state index is -0.944. The van der Waals surface area contributed by atoms with Crippen molar-refractivity contribution < 1.29 is 19.7 Å². The van der Waals surface area contributed by atoms with Crippen molar-refractivity contribution in [2.75, 3.05) is 0 Å². The van der Waals surface area contributed by atoms with Gasteiger partial charge in [0.05, 0.1) is 15.9 Å². The molecule has 1 N–H and O–H groups in total. The molecule has 0 aliphatic heterocycles. The minimum Gasteiger partial charge on any atom is -0.502 e. The van der Waals surface area contributed by atoms with E-state index in [1.807, 2.05) is 0 Å². The zero-order chi connectivity index (χ0) is 13.0. The average Bonchev–Trinajstić information content (AvgIpc) is 2.26. The molecular formula is C9H6N2O6. The Morgan fingerprint density at radius 1 is 1.18 bits per heavy atom. The highest BCUT2D eigenvalue weighted by molar-refractivity contribution is 5.77. The van der Waals surface area contributed by atoms with Crippen LogP contribution in [0.3, 0.4) is 0 Å². The molecule has 88 valence electrons. The first-order valence-electron chi connectivity index (χ1n) is 4.25. The summed E-state index contributed by atoms with van der Waals surface area (Å²) in [5.41, 5.74) is -1.50. The molecule has 0 atom stereocenters. The maximum Gasteiger partial charge on any atom is 0.318 e. The van der Waals surface area contributed by atoms with Crippen molar-refractivity contribution in [2.24, 2.45) is 0 Å². The van der Waals surface area contributed by atoms with Gasteiger partial charge in [-0.05, 0) is 12.2 Å². The lowest BCUT2D eigenvalue weighted by molar-refractivity contribution is -0.394. The number of aldehydes is 1. The van der Waals surface area contributed by atoms with E-state index in [4.69, 9.17) is 0 Å². The monoisotopic (exact) mass is 238 g/mol. The molecule has 0 heterocycles. The average molecular weight is 238 g/mol. The van der Waals surface area contributed by atoms with E-state index in [0.29, 0.717) is 12.4 Å². The topological polar surface area (TPSA) is 124 Å². The molecule has 0 aromatic heterocycles. The van der Waals surface area contributed by atoms with E-state index in [9.17, 15) is 30.1 Å². The van der Waals surface area contributed by atoms with Gasteiger partial charge in [0.15, 0.2) is 0 Å². The number of hydrogen-bond acceptors (Lipinski definition) is 6. The molecule has 0 fully saturated rings. The normalized spacial score (nSPS) is 10.4. The maximum atomic E-state index is 10.6. The number of nitrogens with zero attached hydrogens (tertiary/aromatic N) is 2. The summed E-state index contributed by atoms with van der Waals surface area (Å²) in [7, 11) is 0. The Kier molecular flexibility index (Phi) is 3.50. The van der Waals surface area contributed by atoms with Crippen LogP contribution in [-0.4, -0.2) is 21.2 Å². The first-order chi connectivity index (χ1) is 7.97. The van der Waals surface area contributed by atoms with E-state index in [1.165, 1.54) is 0 Å². The molecule has 0 amide bonds. The molecule has 8 nitrogen and oxygen atoms in total. The zero-order valence-corrected chi connectivity index (χ0v) is 8.27. The Hall–Kier alpha value is -2.77. The molecule has 0 unspecified atom stereocenters. The largest absolute Gasteiger partial charge is 0.502 e. The number of rotatable bonds is 4. The van der Waals surface area contributed by atoms with Gasteiger partial charge in [-0.1, -0.05) is 0 Å². The summed E-state index contributed by atoms with van der Waals surface area (Å²) >= 11 is 0. The summed E-state index contributed by atoms with van der Waals surface area (Å²) in [6, 6.07) is 1.58. The lowest BCUT2D eigenvalue weighted by Crippen LogP contribution is -1.94. The third kappa shape index (κ3) is 2.62. The highest BCUT2D eigenvalue weighted by Gasteiger charge is 2.22. The molecule has 0 aliphatic carbocycles. The number of carbonyl (C=O) groups excluding carboxylic acids is 1. The second kappa shape index (κ2) is 4.84. The third-order valence-electron chi connectivity index (χ3n) is 1.87. The van der Waals surface area contributed by atoms with Crippen molar-refractivity contribution in [3.05, 3.63) is 44.0 Å². The van der Waals surface area contributed by atoms with Crippen LogP contribution < -0.4 is 0 Å². The van der Waals surface area contributed by atoms with E-state index in [1.54, 1.807) is 0 Å². The van der Waals surface area contributed by atoms with Gasteiger partial charge >= 0.3 is 5.69 Å². The molecule has 0 spiro atoms. The molecule has 0 bridgehead atoms. The van der Waals surface area contributed by atoms with E-state index < -0.39 is 27.0 Å². The highest BCUT2D eigenvalue weighted by atomic mass is 16.6. The zero-order valence-electron chi connectivity index (χ0n) is 8.27. The molecule has 8 heteroatoms. The first-order valence-corrected chi connectivity index (χ1v) is 4.25. The molecule has 0 saturated heterocycles. The number of aromatic hydroxyl groups is 1. The predicted octanol–water partition coefficient (Wildman–Crippen LogP) is 1.42. The molecule has 0 saturated carbocycles. The summed E-state index contributed by atoms with van der Waals surface area (Å²) in [4.78, 5) is 29.4. The Morgan fingerprint density at radius 2 is 1.82 bits per heavy atom. The summed E-state index contributed by atoms with van der Waals surface area (Å²) in [5.74, 6) is -0.723. The quantitative estimate of drug-likeness (QED) is 0.366. The van der Waals surface area contributed by atoms with E-state index >= 15 is 0 Å². The van der Waals surface area contributed by atoms with Gasteiger partial charge in [0, 0.05) is 11.6 Å². The van der Waals surface area contributed by atoms with Crippen LogP contribution in [0.5, 0.6) is 5.75 Å². The van der Waals surface area contributed by atoms with Crippen LogP contribution in [0.1, 0.15) is 5.56 Å². The molecular weight excluding hydrogens is 232 g/mol. The standard InChI is InChI=1S/C9H6N2O6/c12-3-1-2-6-4-7(10(14)15)5-8(9(6)13)11(16)17/h1-5,13H. The van der Waals surface area contributed by atoms with Gasteiger partial charge in [0.2, 0.25) is 5.75 Å². The van der Waals surface area contributed by atoms with Crippen molar-refractivity contribution in [1.82, 2.24) is 0 Å². The number of carbonyl (C=O) groups is 1. The van der Waals surface area contributed by atoms with E-state index in [-0.39, 0.29) is 5.56 Å². The summed E-state index contributed by atoms with van der Waals surface area (Å²) in [6.07, 6.45) is 2.38. The Labute approximate surface area is 94.1 Å². The van der Waals surface area contributed by atoms with Crippen LogP contribution in [0, 0.1) is 20.2 Å². The Balaban J connectivity index is 3.47. The Bertz CT molecular complexity index is 522. The van der Waals surface area contributed by atoms with Crippen molar-refractivity contribution in [3.63, 3.8) is 0 Å². The molecule has 1 rings (SSSR count). The van der Waals surface area contributed by atoms with Crippen LogP contribution in [-0.2, 0) is 4.79 Å². The van der Waals surface area contributed by atoms with Crippen molar-refractivity contribution in [1.29, 1.82) is 0 Å². The van der Waals surface area contributed by atoms with Gasteiger partial charge in [-0.2, -0.15) is 0 Å². The number of phenols is 1. The molecule has 0 aliphatic rings. The molecule has 0 radical (unpaired) electrons. The van der Waals surface area contributed by atoms with Crippen LogP contribution in [0.25, 0.3) is 6.08 Å². The van der Waals surface area contributed by atoms with Gasteiger partial charge in [-0.15, -0.1) is 0 Å². The predicted molar refractivity (Wildman–Crippen MR) is 56.5 cm³/mol. The van der Waals surface area contributed by atoms with Crippen molar-refractivity contribution in [3.8, 4) is 5.75 Å². The van der Waals surface area contributed by atoms with Crippen LogP contribution in [0.15, 0.2) is 18.2 Å². The minimum absolute atomic E-state index is 0.169. The van der Waals surface area contributed by atoms with Crippen molar-refractivity contribution >= 4 is 23.7 Å². The Morgan fingerprint density at radius 3 is 2.29 bits per heavy atom. The number of allylic oxidation sites excluding steroid dienone is 1. The first kappa shape index (κ1) is 12.3. The van der Waals surface area contributed by atoms with Crippen LogP contribution in [0.4, 0.5) is 11.4 Å². The number of phenolic OH excluding ortho intramolecular Hbond substituents is 1. The second-order valence-electron chi connectivity index (χ2n) is 2.91. The number of nitro benzene ring substituents is 2. The fraction of sp³-hybridized carbons (Fsp3) is 0. The van der Waals surface area contributed by atoms with E-state index in [0.717, 1.165) is 18.2 Å². The summed E-state index contributed by atoms with van der Waals surface area (Å²) in [5, 5.41) is 30.5. The van der Waals surface area contributed by atoms with E-state index in [2.05, 4.69) is 0 Å². The van der Waals surface area contributed by atoms with Gasteiger partial charge < -0.3 is 5.11 Å². The molecule has 17 heavy (non-hydrogen) atoms. The van der Waals surface area contributed by atoms with Gasteiger partial charge in [-0.3, -0.25) is 25.0 Å². The lowest BCUT2D eigenvalue weighted by atomic mass is 10.1. The summed E-state index contributed by atoms with van der Waals surface area (Å²) in [6.45, 7) is 0. The van der Waals surface area contributed by atoms with Gasteiger partial charge in [0.25, 0.3) is 5.69 Å². The number of hydrogen-bond donors (Lipinski definition) is 1. The SMILES string of the molecule is O=CC=Cc1cc([N+](=O)[O-])cc([N+](=O)[O-])c1O. The number of non-ortho nitro benzene ring substituents is 1. The smallest absolute Gasteiger partial charge is 0.318 e. The number of nitro groups is 2. The fourth-order valence-corrected chi connectivity index (χ4v) is 1.14. The van der Waals surface area contributed by atoms with Gasteiger partial charge in [-0.25, -0.2) is 0 Å². The third-order valence-corrected chi connectivity index (χ3v) is 1.87. The maximum absolute atomic E-state index is 10.6. The van der Waals surface area contributed by atoms with Gasteiger partial charge in [0.1, 0.15) is 6.29 Å². The lowest BCUT2D eigenvalue weighted by Gasteiger charge is -2.00. The molecule has 1 aromatic carbocycles.